The molecular weight excluding hydrogens is 434 g/mol. The average Bonchev–Trinajstić information content (AvgIpc) is 3.44. The second kappa shape index (κ2) is 10.1. The van der Waals surface area contributed by atoms with Gasteiger partial charge in [0.1, 0.15) is 11.7 Å². The van der Waals surface area contributed by atoms with Crippen molar-refractivity contribution in [2.45, 2.75) is 24.9 Å². The Morgan fingerprint density at radius 3 is 2.61 bits per heavy atom. The van der Waals surface area contributed by atoms with Gasteiger partial charge >= 0.3 is 0 Å². The molecule has 4 rings (SSSR count). The predicted octanol–water partition coefficient (Wildman–Crippen LogP) is 2.38. The topological polar surface area (TPSA) is 127 Å². The Bertz CT molecular complexity index is 1170. The Hall–Kier alpha value is -3.90. The molecule has 1 saturated heterocycles. The SMILES string of the molecule is N#C[C@H](CC1CCNC1=O)NC(=O)[Si](Cc1ccccc1)NC(=O)c1cc2ccccc2[nH]1. The number of hydrogen-bond acceptors (Lipinski definition) is 4. The van der Waals surface area contributed by atoms with Crippen molar-refractivity contribution in [3.05, 3.63) is 71.9 Å². The minimum Gasteiger partial charge on any atom is -0.368 e. The molecule has 3 aromatic rings. The number of aromatic nitrogens is 1. The van der Waals surface area contributed by atoms with Crippen molar-refractivity contribution in [2.24, 2.45) is 5.92 Å². The Morgan fingerprint density at radius 1 is 1.15 bits per heavy atom. The first-order valence-electron chi connectivity index (χ1n) is 10.8. The summed E-state index contributed by atoms with van der Waals surface area (Å²) in [6, 6.07) is 20.4. The number of nitriles is 1. The molecule has 3 amide bonds. The van der Waals surface area contributed by atoms with Crippen LogP contribution in [0.5, 0.6) is 0 Å². The molecule has 0 spiro atoms. The van der Waals surface area contributed by atoms with Gasteiger partial charge in [-0.1, -0.05) is 48.5 Å². The van der Waals surface area contributed by atoms with E-state index >= 15 is 0 Å². The summed E-state index contributed by atoms with van der Waals surface area (Å²) in [7, 11) is -2.13. The van der Waals surface area contributed by atoms with E-state index in [-0.39, 0.29) is 29.7 Å². The van der Waals surface area contributed by atoms with Gasteiger partial charge in [0.25, 0.3) is 14.9 Å². The van der Waals surface area contributed by atoms with Crippen LogP contribution in [0, 0.1) is 17.2 Å². The monoisotopic (exact) mass is 458 g/mol. The zero-order valence-electron chi connectivity index (χ0n) is 17.9. The van der Waals surface area contributed by atoms with Crippen LogP contribution >= 0.6 is 0 Å². The highest BCUT2D eigenvalue weighted by Crippen LogP contribution is 2.17. The quantitative estimate of drug-likeness (QED) is 0.387. The summed E-state index contributed by atoms with van der Waals surface area (Å²) in [6.45, 7) is 0.583. The molecule has 1 unspecified atom stereocenters. The zero-order chi connectivity index (χ0) is 23.2. The maximum absolute atomic E-state index is 13.2. The van der Waals surface area contributed by atoms with Crippen LogP contribution in [0.3, 0.4) is 0 Å². The Morgan fingerprint density at radius 2 is 1.91 bits per heavy atom. The number of carbonyl (C=O) groups excluding carboxylic acids is 3. The second-order valence-electron chi connectivity index (χ2n) is 8.03. The average molecular weight is 459 g/mol. The molecule has 2 atom stereocenters. The molecular formula is C24H24N5O3Si. The van der Waals surface area contributed by atoms with Gasteiger partial charge in [0.05, 0.1) is 6.07 Å². The molecule has 0 aliphatic carbocycles. The van der Waals surface area contributed by atoms with Gasteiger partial charge in [0.2, 0.25) is 11.4 Å². The minimum atomic E-state index is -2.13. The van der Waals surface area contributed by atoms with Crippen molar-refractivity contribution in [1.82, 2.24) is 20.6 Å². The molecule has 8 nitrogen and oxygen atoms in total. The lowest BCUT2D eigenvalue weighted by atomic mass is 9.99. The van der Waals surface area contributed by atoms with E-state index < -0.39 is 15.0 Å². The lowest BCUT2D eigenvalue weighted by Gasteiger charge is -2.19. The van der Waals surface area contributed by atoms with Crippen LogP contribution in [0.2, 0.25) is 0 Å². The number of nitrogens with one attached hydrogen (secondary N) is 4. The third-order valence-electron chi connectivity index (χ3n) is 5.68. The minimum absolute atomic E-state index is 0.0913. The Labute approximate surface area is 193 Å². The summed E-state index contributed by atoms with van der Waals surface area (Å²) >= 11 is 0. The normalized spacial score (nSPS) is 16.2. The Balaban J connectivity index is 1.49. The number of nitrogens with zero attached hydrogens (tertiary/aromatic N) is 1. The smallest absolute Gasteiger partial charge is 0.285 e. The number of H-pyrrole nitrogens is 1. The largest absolute Gasteiger partial charge is 0.368 e. The van der Waals surface area contributed by atoms with E-state index in [1.54, 1.807) is 6.07 Å². The van der Waals surface area contributed by atoms with Gasteiger partial charge in [0.15, 0.2) is 0 Å². The fourth-order valence-corrected chi connectivity index (χ4v) is 5.69. The predicted molar refractivity (Wildman–Crippen MR) is 125 cm³/mol. The second-order valence-corrected chi connectivity index (χ2v) is 10.0. The standard InChI is InChI=1S/C24H24N5O3Si/c25-14-19(12-18-10-11-26-22(18)30)27-24(32)33(15-16-6-2-1-3-7-16)29-23(31)21-13-17-8-4-5-9-20(17)28-21/h1-9,13,18-19,28H,10-12,15H2,(H,26,30)(H,27,32)(H,29,31)/t18?,19-/m0/s1. The number of para-hydroxylation sites is 1. The maximum atomic E-state index is 13.2. The van der Waals surface area contributed by atoms with E-state index in [9.17, 15) is 19.6 Å². The van der Waals surface area contributed by atoms with Crippen LogP contribution in [0.1, 0.15) is 28.9 Å². The summed E-state index contributed by atoms with van der Waals surface area (Å²) in [5, 5.41) is 16.0. The van der Waals surface area contributed by atoms with Crippen molar-refractivity contribution in [3.8, 4) is 6.07 Å². The van der Waals surface area contributed by atoms with Crippen LogP contribution in [-0.4, -0.2) is 43.9 Å². The molecule has 33 heavy (non-hydrogen) atoms. The number of amides is 3. The van der Waals surface area contributed by atoms with Crippen molar-refractivity contribution >= 4 is 37.2 Å². The molecule has 0 bridgehead atoms. The highest BCUT2D eigenvalue weighted by atomic mass is 28.3. The van der Waals surface area contributed by atoms with Crippen LogP contribution in [0.4, 0.5) is 4.79 Å². The van der Waals surface area contributed by atoms with Gasteiger partial charge in [-0.15, -0.1) is 0 Å². The van der Waals surface area contributed by atoms with Gasteiger partial charge in [0, 0.05) is 23.4 Å². The molecule has 9 heteroatoms. The van der Waals surface area contributed by atoms with Gasteiger partial charge in [-0.2, -0.15) is 5.26 Å². The van der Waals surface area contributed by atoms with Gasteiger partial charge < -0.3 is 20.6 Å². The zero-order valence-corrected chi connectivity index (χ0v) is 18.9. The first-order valence-corrected chi connectivity index (χ1v) is 12.5. The van der Waals surface area contributed by atoms with E-state index in [2.05, 4.69) is 26.7 Å². The molecule has 167 valence electrons. The molecule has 4 N–H and O–H groups in total. The van der Waals surface area contributed by atoms with Crippen molar-refractivity contribution in [3.63, 3.8) is 0 Å². The number of benzene rings is 2. The lowest BCUT2D eigenvalue weighted by Crippen LogP contribution is -2.54. The fraction of sp³-hybridized carbons (Fsp3) is 0.250. The fourth-order valence-electron chi connectivity index (χ4n) is 3.92. The third kappa shape index (κ3) is 5.48. The summed E-state index contributed by atoms with van der Waals surface area (Å²) in [4.78, 5) is 44.0. The number of carbonyl (C=O) groups is 3. The summed E-state index contributed by atoms with van der Waals surface area (Å²) in [5.41, 5.74) is 1.77. The van der Waals surface area contributed by atoms with E-state index in [1.807, 2.05) is 54.6 Å². The Kier molecular flexibility index (Phi) is 6.85. The van der Waals surface area contributed by atoms with Crippen LogP contribution in [0.25, 0.3) is 10.9 Å². The molecule has 2 heterocycles. The third-order valence-corrected chi connectivity index (χ3v) is 7.66. The first-order chi connectivity index (χ1) is 16.0. The van der Waals surface area contributed by atoms with Crippen molar-refractivity contribution in [2.75, 3.05) is 6.54 Å². The molecule has 1 aliphatic heterocycles. The summed E-state index contributed by atoms with van der Waals surface area (Å²) < 4.78 is 0. The molecule has 1 fully saturated rings. The van der Waals surface area contributed by atoms with Crippen LogP contribution < -0.4 is 15.6 Å². The maximum Gasteiger partial charge on any atom is 0.285 e. The highest BCUT2D eigenvalue weighted by molar-refractivity contribution is 6.89. The first kappa shape index (κ1) is 22.3. The van der Waals surface area contributed by atoms with Crippen molar-refractivity contribution < 1.29 is 14.4 Å². The molecule has 2 aromatic carbocycles. The van der Waals surface area contributed by atoms with E-state index in [1.165, 1.54) is 0 Å². The summed E-state index contributed by atoms with van der Waals surface area (Å²) in [5.74, 6) is -0.748. The molecule has 0 saturated carbocycles. The number of rotatable bonds is 8. The van der Waals surface area contributed by atoms with Crippen LogP contribution in [-0.2, 0) is 10.8 Å². The van der Waals surface area contributed by atoms with E-state index in [0.717, 1.165) is 16.5 Å². The van der Waals surface area contributed by atoms with Crippen molar-refractivity contribution in [1.29, 1.82) is 5.26 Å². The summed E-state index contributed by atoms with van der Waals surface area (Å²) in [6.07, 6.45) is 0.899. The van der Waals surface area contributed by atoms with Gasteiger partial charge in [-0.25, -0.2) is 0 Å². The number of fused-ring (bicyclic) bond motifs is 1. The molecule has 1 aliphatic rings. The number of aromatic amines is 1. The van der Waals surface area contributed by atoms with Gasteiger partial charge in [-0.3, -0.25) is 14.4 Å². The lowest BCUT2D eigenvalue weighted by molar-refractivity contribution is -0.122. The van der Waals surface area contributed by atoms with E-state index in [4.69, 9.17) is 0 Å². The number of hydrogen-bond donors (Lipinski definition) is 4. The molecule has 1 radical (unpaired) electrons. The highest BCUT2D eigenvalue weighted by Gasteiger charge is 2.31. The van der Waals surface area contributed by atoms with E-state index in [0.29, 0.717) is 24.7 Å². The van der Waals surface area contributed by atoms with Crippen LogP contribution in [0.15, 0.2) is 60.7 Å². The van der Waals surface area contributed by atoms with Gasteiger partial charge in [-0.05, 0) is 36.6 Å². The molecule has 1 aromatic heterocycles.